The molecule has 1 aliphatic rings. The van der Waals surface area contributed by atoms with Crippen LogP contribution in [0.5, 0.6) is 11.5 Å². The van der Waals surface area contributed by atoms with E-state index in [1.54, 1.807) is 6.07 Å². The lowest BCUT2D eigenvalue weighted by Crippen LogP contribution is -1.93. The fourth-order valence-electron chi connectivity index (χ4n) is 2.33. The number of hydrogen-bond acceptors (Lipinski definition) is 7. The Morgan fingerprint density at radius 3 is 2.86 bits per heavy atom. The highest BCUT2D eigenvalue weighted by atomic mass is 16.7. The van der Waals surface area contributed by atoms with Crippen molar-refractivity contribution in [2.24, 2.45) is 0 Å². The van der Waals surface area contributed by atoms with Crippen molar-refractivity contribution in [1.29, 1.82) is 0 Å². The molecule has 0 aliphatic carbocycles. The first-order valence-corrected chi connectivity index (χ1v) is 7.00. The lowest BCUT2D eigenvalue weighted by atomic mass is 10.1. The molecular formula is C15H13N3O4. The number of hydrogen-bond donors (Lipinski definition) is 0. The van der Waals surface area contributed by atoms with Crippen molar-refractivity contribution in [2.45, 2.75) is 19.3 Å². The van der Waals surface area contributed by atoms with E-state index in [0.717, 1.165) is 24.3 Å². The van der Waals surface area contributed by atoms with Crippen molar-refractivity contribution >= 4 is 0 Å². The smallest absolute Gasteiger partial charge is 0.231 e. The molecule has 0 radical (unpaired) electrons. The van der Waals surface area contributed by atoms with Crippen LogP contribution in [-0.2, 0) is 12.8 Å². The van der Waals surface area contributed by atoms with Crippen LogP contribution in [0.3, 0.4) is 0 Å². The van der Waals surface area contributed by atoms with Crippen LogP contribution >= 0.6 is 0 Å². The molecule has 0 N–H and O–H groups in total. The van der Waals surface area contributed by atoms with Gasteiger partial charge < -0.3 is 18.5 Å². The topological polar surface area (TPSA) is 83.4 Å². The number of benzene rings is 1. The second-order valence-corrected chi connectivity index (χ2v) is 4.94. The summed E-state index contributed by atoms with van der Waals surface area (Å²) in [6.45, 7) is 0.297. The molecule has 0 amide bonds. The minimum atomic E-state index is 0.297. The largest absolute Gasteiger partial charge is 0.454 e. The summed E-state index contributed by atoms with van der Waals surface area (Å²) in [7, 11) is 0. The zero-order valence-electron chi connectivity index (χ0n) is 11.7. The summed E-state index contributed by atoms with van der Waals surface area (Å²) in [6.07, 6.45) is 3.99. The number of fused-ring (bicyclic) bond motifs is 1. The second kappa shape index (κ2) is 5.51. The minimum Gasteiger partial charge on any atom is -0.454 e. The molecule has 2 aromatic heterocycles. The molecule has 3 heterocycles. The van der Waals surface area contributed by atoms with Gasteiger partial charge in [0.2, 0.25) is 18.5 Å². The van der Waals surface area contributed by atoms with E-state index in [4.69, 9.17) is 18.5 Å². The molecule has 7 nitrogen and oxygen atoms in total. The first-order chi connectivity index (χ1) is 10.9. The zero-order valence-corrected chi connectivity index (χ0v) is 11.7. The van der Waals surface area contributed by atoms with Gasteiger partial charge in [0.15, 0.2) is 17.2 Å². The summed E-state index contributed by atoms with van der Waals surface area (Å²) >= 11 is 0. The quantitative estimate of drug-likeness (QED) is 0.716. The van der Waals surface area contributed by atoms with Crippen molar-refractivity contribution in [1.82, 2.24) is 15.3 Å². The van der Waals surface area contributed by atoms with E-state index in [2.05, 4.69) is 15.3 Å². The van der Waals surface area contributed by atoms with Crippen molar-refractivity contribution in [2.75, 3.05) is 6.79 Å². The van der Waals surface area contributed by atoms with Crippen molar-refractivity contribution in [3.63, 3.8) is 0 Å². The van der Waals surface area contributed by atoms with Gasteiger partial charge in [0.1, 0.15) is 6.26 Å². The highest BCUT2D eigenvalue weighted by Crippen LogP contribution is 2.32. The van der Waals surface area contributed by atoms with Gasteiger partial charge in [-0.25, -0.2) is 0 Å². The Hall–Kier alpha value is -2.83. The predicted molar refractivity (Wildman–Crippen MR) is 74.4 cm³/mol. The van der Waals surface area contributed by atoms with E-state index >= 15 is 0 Å². The van der Waals surface area contributed by atoms with Gasteiger partial charge in [0.05, 0.1) is 0 Å². The summed E-state index contributed by atoms with van der Waals surface area (Å²) in [5.74, 6) is 2.66. The Labute approximate surface area is 125 Å². The van der Waals surface area contributed by atoms with Crippen LogP contribution in [-0.4, -0.2) is 22.1 Å². The van der Waals surface area contributed by atoms with Gasteiger partial charge in [-0.1, -0.05) is 16.4 Å². The number of aryl methyl sites for hydroxylation is 2. The maximum absolute atomic E-state index is 5.37. The number of nitrogens with zero attached hydrogens (tertiary/aromatic N) is 3. The third-order valence-corrected chi connectivity index (χ3v) is 3.43. The molecule has 0 atom stereocenters. The van der Waals surface area contributed by atoms with Gasteiger partial charge >= 0.3 is 0 Å². The molecule has 0 spiro atoms. The second-order valence-electron chi connectivity index (χ2n) is 4.94. The van der Waals surface area contributed by atoms with Gasteiger partial charge in [-0.2, -0.15) is 4.98 Å². The molecule has 1 aromatic carbocycles. The Morgan fingerprint density at radius 2 is 1.95 bits per heavy atom. The average Bonchev–Trinajstić information content (AvgIpc) is 3.28. The van der Waals surface area contributed by atoms with Crippen LogP contribution < -0.4 is 9.47 Å². The normalized spacial score (nSPS) is 12.7. The lowest BCUT2D eigenvalue weighted by molar-refractivity contribution is 0.174. The highest BCUT2D eigenvalue weighted by molar-refractivity contribution is 5.46. The average molecular weight is 299 g/mol. The zero-order chi connectivity index (χ0) is 14.8. The molecule has 0 saturated carbocycles. The molecule has 112 valence electrons. The van der Waals surface area contributed by atoms with Crippen molar-refractivity contribution in [3.8, 4) is 23.0 Å². The summed E-state index contributed by atoms with van der Waals surface area (Å²) < 4.78 is 20.6. The van der Waals surface area contributed by atoms with Gasteiger partial charge in [-0.3, -0.25) is 0 Å². The first kappa shape index (κ1) is 12.9. The maximum Gasteiger partial charge on any atom is 0.231 e. The summed E-state index contributed by atoms with van der Waals surface area (Å²) in [4.78, 5) is 4.30. The minimum absolute atomic E-state index is 0.297. The van der Waals surface area contributed by atoms with E-state index in [1.165, 1.54) is 11.8 Å². The van der Waals surface area contributed by atoms with Gasteiger partial charge in [0.25, 0.3) is 0 Å². The number of ether oxygens (including phenoxy) is 2. The molecule has 0 unspecified atom stereocenters. The van der Waals surface area contributed by atoms with E-state index in [9.17, 15) is 0 Å². The Kier molecular flexibility index (Phi) is 3.23. The van der Waals surface area contributed by atoms with Gasteiger partial charge in [-0.05, 0) is 30.5 Å². The molecular weight excluding hydrogens is 286 g/mol. The maximum atomic E-state index is 5.37. The third-order valence-electron chi connectivity index (χ3n) is 3.43. The van der Waals surface area contributed by atoms with Crippen LogP contribution in [0, 0.1) is 0 Å². The van der Waals surface area contributed by atoms with Crippen LogP contribution in [0.4, 0.5) is 0 Å². The molecule has 0 bridgehead atoms. The lowest BCUT2D eigenvalue weighted by Gasteiger charge is -2.01. The van der Waals surface area contributed by atoms with Crippen molar-refractivity contribution < 1.29 is 18.5 Å². The summed E-state index contributed by atoms with van der Waals surface area (Å²) in [5.41, 5.74) is 1.77. The molecule has 3 aromatic rings. The summed E-state index contributed by atoms with van der Waals surface area (Å²) in [5, 5.41) is 7.66. The third kappa shape index (κ3) is 2.52. The van der Waals surface area contributed by atoms with Crippen LogP contribution in [0.25, 0.3) is 11.5 Å². The standard InChI is InChI=1S/C15H13N3O4/c1(2-10-4-5-12-13(8-10)20-9-19-12)3-14-16-15(18-22-14)11-6-7-21-17-11/h4-8H,1-3,9H2. The van der Waals surface area contributed by atoms with E-state index in [-0.39, 0.29) is 0 Å². The highest BCUT2D eigenvalue weighted by Gasteiger charge is 2.14. The van der Waals surface area contributed by atoms with E-state index in [1.807, 2.05) is 18.2 Å². The predicted octanol–water partition coefficient (Wildman–Crippen LogP) is 2.63. The van der Waals surface area contributed by atoms with Crippen LogP contribution in [0.1, 0.15) is 17.9 Å². The molecule has 4 rings (SSSR count). The number of aromatic nitrogens is 3. The van der Waals surface area contributed by atoms with Crippen LogP contribution in [0.15, 0.2) is 39.6 Å². The first-order valence-electron chi connectivity index (χ1n) is 7.00. The van der Waals surface area contributed by atoms with Crippen molar-refractivity contribution in [3.05, 3.63) is 42.0 Å². The van der Waals surface area contributed by atoms with E-state index in [0.29, 0.717) is 30.6 Å². The van der Waals surface area contributed by atoms with E-state index < -0.39 is 0 Å². The molecule has 0 saturated heterocycles. The molecule has 0 fully saturated rings. The number of rotatable bonds is 5. The van der Waals surface area contributed by atoms with Gasteiger partial charge in [0, 0.05) is 12.5 Å². The Balaban J connectivity index is 1.35. The molecule has 22 heavy (non-hydrogen) atoms. The SMILES string of the molecule is c1cc(-c2noc(CCCc3ccc4c(c3)OCO4)n2)no1. The molecule has 1 aliphatic heterocycles. The molecule has 7 heteroatoms. The monoisotopic (exact) mass is 299 g/mol. The fourth-order valence-corrected chi connectivity index (χ4v) is 2.33. The fraction of sp³-hybridized carbons (Fsp3) is 0.267. The Morgan fingerprint density at radius 1 is 1.00 bits per heavy atom. The Bertz CT molecular complexity index is 767. The van der Waals surface area contributed by atoms with Gasteiger partial charge in [-0.15, -0.1) is 0 Å². The summed E-state index contributed by atoms with van der Waals surface area (Å²) in [6, 6.07) is 7.69. The van der Waals surface area contributed by atoms with Crippen LogP contribution in [0.2, 0.25) is 0 Å².